The number of nitrogens with one attached hydrogen (secondary N) is 1. The summed E-state index contributed by atoms with van der Waals surface area (Å²) in [6.45, 7) is -2.01. The lowest BCUT2D eigenvalue weighted by Crippen LogP contribution is -2.38. The first kappa shape index (κ1) is 13.5. The molecular weight excluding hydrogens is 240 g/mol. The minimum Gasteiger partial charge on any atom is -0.212 e. The molecule has 0 fully saturated rings. The molecule has 0 rings (SSSR count). The van der Waals surface area contributed by atoms with Crippen LogP contribution in [0.15, 0.2) is 0 Å². The molecule has 0 aromatic rings. The van der Waals surface area contributed by atoms with Crippen LogP contribution in [0.1, 0.15) is 0 Å². The van der Waals surface area contributed by atoms with E-state index in [0.29, 0.717) is 0 Å². The summed E-state index contributed by atoms with van der Waals surface area (Å²) in [6, 6.07) is 0. The molecule has 0 heterocycles. The van der Waals surface area contributed by atoms with Crippen molar-refractivity contribution in [2.45, 2.75) is 12.4 Å². The van der Waals surface area contributed by atoms with Crippen molar-refractivity contribution in [2.75, 3.05) is 12.3 Å². The molecule has 0 aromatic carbocycles. The van der Waals surface area contributed by atoms with Crippen molar-refractivity contribution in [1.82, 2.24) is 4.72 Å². The molecule has 86 valence electrons. The van der Waals surface area contributed by atoms with Crippen LogP contribution in [0.4, 0.5) is 26.3 Å². The molecule has 0 aromatic heterocycles. The Morgan fingerprint density at radius 2 is 1.36 bits per heavy atom. The molecule has 0 bridgehead atoms. The topological polar surface area (TPSA) is 46.2 Å². The lowest BCUT2D eigenvalue weighted by atomic mass is 10.7. The van der Waals surface area contributed by atoms with Crippen molar-refractivity contribution in [3.05, 3.63) is 0 Å². The third-order valence-electron chi connectivity index (χ3n) is 0.846. The first-order valence-electron chi connectivity index (χ1n) is 3.02. The van der Waals surface area contributed by atoms with Gasteiger partial charge in [-0.2, -0.15) is 26.3 Å². The van der Waals surface area contributed by atoms with Gasteiger partial charge in [-0.3, -0.25) is 0 Å². The van der Waals surface area contributed by atoms with Gasteiger partial charge in [0.2, 0.25) is 10.0 Å². The number of halogens is 6. The van der Waals surface area contributed by atoms with Gasteiger partial charge in [-0.15, -0.1) is 0 Å². The van der Waals surface area contributed by atoms with E-state index in [-0.39, 0.29) is 0 Å². The Morgan fingerprint density at radius 3 is 1.64 bits per heavy atom. The summed E-state index contributed by atoms with van der Waals surface area (Å²) in [5.41, 5.74) is 0. The second-order valence-corrected chi connectivity index (χ2v) is 4.12. The number of sulfonamides is 1. The van der Waals surface area contributed by atoms with Crippen molar-refractivity contribution >= 4 is 10.0 Å². The van der Waals surface area contributed by atoms with Crippen LogP contribution in [0.25, 0.3) is 0 Å². The highest BCUT2D eigenvalue weighted by atomic mass is 32.2. The highest BCUT2D eigenvalue weighted by Crippen LogP contribution is 2.18. The zero-order chi connectivity index (χ0) is 11.6. The monoisotopic (exact) mass is 245 g/mol. The molecule has 1 N–H and O–H groups in total. The molecule has 0 amide bonds. The molecule has 3 nitrogen and oxygen atoms in total. The van der Waals surface area contributed by atoms with Gasteiger partial charge in [-0.1, -0.05) is 0 Å². The van der Waals surface area contributed by atoms with Crippen molar-refractivity contribution in [3.63, 3.8) is 0 Å². The Hall–Kier alpha value is -0.510. The van der Waals surface area contributed by atoms with Crippen molar-refractivity contribution < 1.29 is 34.8 Å². The number of rotatable bonds is 3. The van der Waals surface area contributed by atoms with E-state index in [1.54, 1.807) is 0 Å². The van der Waals surface area contributed by atoms with Crippen molar-refractivity contribution in [1.29, 1.82) is 0 Å². The minimum atomic E-state index is -5.06. The maximum atomic E-state index is 11.5. The van der Waals surface area contributed by atoms with Gasteiger partial charge in [0.25, 0.3) is 0 Å². The van der Waals surface area contributed by atoms with Crippen LogP contribution in [-0.4, -0.2) is 33.1 Å². The fourth-order valence-corrected chi connectivity index (χ4v) is 1.37. The van der Waals surface area contributed by atoms with Gasteiger partial charge < -0.3 is 0 Å². The summed E-state index contributed by atoms with van der Waals surface area (Å²) in [4.78, 5) is 0. The Balaban J connectivity index is 4.25. The molecule has 0 saturated heterocycles. The lowest BCUT2D eigenvalue weighted by molar-refractivity contribution is -0.122. The smallest absolute Gasteiger partial charge is 0.212 e. The fourth-order valence-electron chi connectivity index (χ4n) is 0.458. The van der Waals surface area contributed by atoms with Crippen LogP contribution in [0.2, 0.25) is 0 Å². The number of hydrogen-bond donors (Lipinski definition) is 1. The van der Waals surface area contributed by atoms with Gasteiger partial charge in [0.05, 0.1) is 0 Å². The maximum Gasteiger partial charge on any atom is 0.404 e. The van der Waals surface area contributed by atoms with Crippen LogP contribution >= 0.6 is 0 Å². The SMILES string of the molecule is O=S(=O)(CC(F)(F)F)NCC(F)(F)F. The maximum absolute atomic E-state index is 11.5. The van der Waals surface area contributed by atoms with Crippen LogP contribution in [0, 0.1) is 0 Å². The second kappa shape index (κ2) is 3.93. The molecular formula is C4H5F6NO2S. The van der Waals surface area contributed by atoms with Crippen molar-refractivity contribution in [2.24, 2.45) is 0 Å². The van der Waals surface area contributed by atoms with Crippen LogP contribution in [0.5, 0.6) is 0 Å². The van der Waals surface area contributed by atoms with E-state index in [2.05, 4.69) is 0 Å². The predicted molar refractivity (Wildman–Crippen MR) is 33.9 cm³/mol. The van der Waals surface area contributed by atoms with E-state index >= 15 is 0 Å². The van der Waals surface area contributed by atoms with Crippen LogP contribution in [0.3, 0.4) is 0 Å². The summed E-state index contributed by atoms with van der Waals surface area (Å²) < 4.78 is 90.2. The Morgan fingerprint density at radius 1 is 0.929 bits per heavy atom. The molecule has 0 atom stereocenters. The van der Waals surface area contributed by atoms with Crippen LogP contribution < -0.4 is 4.72 Å². The van der Waals surface area contributed by atoms with Gasteiger partial charge in [0, 0.05) is 0 Å². The summed E-state index contributed by atoms with van der Waals surface area (Å²) in [5, 5.41) is 0. The third-order valence-corrected chi connectivity index (χ3v) is 2.14. The van der Waals surface area contributed by atoms with E-state index in [1.807, 2.05) is 0 Å². The summed E-state index contributed by atoms with van der Waals surface area (Å²) in [5.74, 6) is -2.32. The molecule has 0 unspecified atom stereocenters. The lowest BCUT2D eigenvalue weighted by Gasteiger charge is -2.10. The highest BCUT2D eigenvalue weighted by Gasteiger charge is 2.37. The molecule has 0 radical (unpaired) electrons. The average Bonchev–Trinajstić information content (AvgIpc) is 1.76. The van der Waals surface area contributed by atoms with Crippen molar-refractivity contribution in [3.8, 4) is 0 Å². The van der Waals surface area contributed by atoms with E-state index < -0.39 is 34.7 Å². The van der Waals surface area contributed by atoms with E-state index in [4.69, 9.17) is 0 Å². The average molecular weight is 245 g/mol. The van der Waals surface area contributed by atoms with Gasteiger partial charge in [-0.05, 0) is 0 Å². The van der Waals surface area contributed by atoms with Gasteiger partial charge in [0.1, 0.15) is 6.54 Å². The zero-order valence-electron chi connectivity index (χ0n) is 6.41. The minimum absolute atomic E-state index is 0.783. The molecule has 0 spiro atoms. The van der Waals surface area contributed by atoms with E-state index in [0.717, 1.165) is 4.72 Å². The normalized spacial score (nSPS) is 14.4. The van der Waals surface area contributed by atoms with Gasteiger partial charge >= 0.3 is 12.4 Å². The third kappa shape index (κ3) is 8.10. The zero-order valence-corrected chi connectivity index (χ0v) is 7.22. The van der Waals surface area contributed by atoms with Gasteiger partial charge in [-0.25, -0.2) is 13.1 Å². The van der Waals surface area contributed by atoms with Crippen LogP contribution in [-0.2, 0) is 10.0 Å². The summed E-state index contributed by atoms with van der Waals surface area (Å²) in [6.07, 6.45) is -9.93. The van der Waals surface area contributed by atoms with Gasteiger partial charge in [0.15, 0.2) is 5.75 Å². The first-order valence-corrected chi connectivity index (χ1v) is 4.67. The largest absolute Gasteiger partial charge is 0.404 e. The Kier molecular flexibility index (Phi) is 3.78. The molecule has 0 aliphatic heterocycles. The molecule has 10 heteroatoms. The molecule has 0 aliphatic carbocycles. The quantitative estimate of drug-likeness (QED) is 0.755. The Bertz CT molecular complexity index is 277. The number of hydrogen-bond acceptors (Lipinski definition) is 2. The molecule has 0 aliphatic rings. The standard InChI is InChI=1S/C4H5F6NO2S/c5-3(6,7)1-11-14(12,13)2-4(8,9)10/h11H,1-2H2. The summed E-state index contributed by atoms with van der Waals surface area (Å²) in [7, 11) is -4.97. The predicted octanol–water partition coefficient (Wildman–Crippen LogP) is 1.03. The van der Waals surface area contributed by atoms with E-state index in [9.17, 15) is 34.8 Å². The molecule has 0 saturated carbocycles. The second-order valence-electron chi connectivity index (χ2n) is 2.31. The van der Waals surface area contributed by atoms with E-state index in [1.165, 1.54) is 0 Å². The molecule has 14 heavy (non-hydrogen) atoms. The number of alkyl halides is 6. The first-order chi connectivity index (χ1) is 5.91. The fraction of sp³-hybridized carbons (Fsp3) is 1.00. The Labute approximate surface area is 75.1 Å². The summed E-state index contributed by atoms with van der Waals surface area (Å²) >= 11 is 0. The highest BCUT2D eigenvalue weighted by molar-refractivity contribution is 7.89.